The van der Waals surface area contributed by atoms with E-state index in [2.05, 4.69) is 26.0 Å². The molecule has 0 spiro atoms. The summed E-state index contributed by atoms with van der Waals surface area (Å²) in [7, 11) is -4.26. The molecule has 2 atom stereocenters. The normalized spacial score (nSPS) is 13.8. The fourth-order valence-electron chi connectivity index (χ4n) is 5.45. The molecule has 0 radical (unpaired) electrons. The van der Waals surface area contributed by atoms with Gasteiger partial charge in [-0.3, -0.25) is 13.8 Å². The van der Waals surface area contributed by atoms with Crippen molar-refractivity contribution in [2.75, 3.05) is 26.4 Å². The molecule has 8 nitrogen and oxygen atoms in total. The van der Waals surface area contributed by atoms with Crippen LogP contribution in [-0.4, -0.2) is 43.3 Å². The third-order valence-electron chi connectivity index (χ3n) is 8.46. The quantitative estimate of drug-likeness (QED) is 0.0215. The number of carbonyl (C=O) groups excluding carboxylic acids is 1. The first-order valence-corrected chi connectivity index (χ1v) is 21.4. The fraction of sp³-hybridized carbons (Fsp3) is 0.872. The molecule has 0 bridgehead atoms. The highest BCUT2D eigenvalue weighted by Crippen LogP contribution is 2.43. The Labute approximate surface area is 296 Å². The summed E-state index contributed by atoms with van der Waals surface area (Å²) in [4.78, 5) is 22.2. The van der Waals surface area contributed by atoms with Gasteiger partial charge in [-0.15, -0.1) is 0 Å². The molecule has 0 aromatic carbocycles. The standard InChI is InChI=1S/C39H76NO7P/c1-3-5-7-9-11-13-15-17-19-20-22-24-26-28-30-32-39(41)45-36-38(37-47-48(42,43)46-35-33-40)44-34-31-29-27-25-23-21-18-16-14-12-10-8-6-4-2/h13,15,31,34,38H,3-12,14,16-30,32-33,35-37,40H2,1-2H3,(H,42,43)/t38-/m1/s1. The molecule has 0 aliphatic carbocycles. The summed E-state index contributed by atoms with van der Waals surface area (Å²) in [5.41, 5.74) is 5.35. The molecule has 0 saturated heterocycles. The molecule has 9 heteroatoms. The minimum atomic E-state index is -4.26. The zero-order valence-electron chi connectivity index (χ0n) is 31.2. The highest BCUT2D eigenvalue weighted by Gasteiger charge is 2.24. The van der Waals surface area contributed by atoms with E-state index in [4.69, 9.17) is 24.3 Å². The maximum atomic E-state index is 12.4. The lowest BCUT2D eigenvalue weighted by Gasteiger charge is -2.19. The first-order valence-electron chi connectivity index (χ1n) is 19.9. The zero-order chi connectivity index (χ0) is 35.2. The molecule has 0 aliphatic rings. The van der Waals surface area contributed by atoms with Gasteiger partial charge in [0.2, 0.25) is 0 Å². The van der Waals surface area contributed by atoms with E-state index >= 15 is 0 Å². The summed E-state index contributed by atoms with van der Waals surface area (Å²) < 4.78 is 33.1. The number of carbonyl (C=O) groups is 1. The van der Waals surface area contributed by atoms with Crippen LogP contribution in [0.2, 0.25) is 0 Å². The number of hydrogen-bond donors (Lipinski definition) is 2. The third-order valence-corrected chi connectivity index (χ3v) is 9.44. The van der Waals surface area contributed by atoms with Crippen molar-refractivity contribution in [2.24, 2.45) is 5.73 Å². The monoisotopic (exact) mass is 702 g/mol. The lowest BCUT2D eigenvalue weighted by molar-refractivity contribution is -0.147. The molecule has 0 amide bonds. The second kappa shape index (κ2) is 37.1. The molecular formula is C39H76NO7P. The van der Waals surface area contributed by atoms with Crippen LogP contribution in [0, 0.1) is 0 Å². The summed E-state index contributed by atoms with van der Waals surface area (Å²) in [6, 6.07) is 0. The first kappa shape index (κ1) is 46.8. The average molecular weight is 702 g/mol. The molecule has 0 aromatic heterocycles. The smallest absolute Gasteiger partial charge is 0.472 e. The van der Waals surface area contributed by atoms with Crippen molar-refractivity contribution in [3.63, 3.8) is 0 Å². The number of rotatable bonds is 38. The van der Waals surface area contributed by atoms with Crippen molar-refractivity contribution in [1.82, 2.24) is 0 Å². The predicted molar refractivity (Wildman–Crippen MR) is 201 cm³/mol. The van der Waals surface area contributed by atoms with E-state index in [-0.39, 0.29) is 32.3 Å². The molecule has 284 valence electrons. The number of phosphoric ester groups is 1. The van der Waals surface area contributed by atoms with Crippen LogP contribution in [0.15, 0.2) is 24.5 Å². The van der Waals surface area contributed by atoms with E-state index in [9.17, 15) is 14.3 Å². The number of ether oxygens (including phenoxy) is 2. The van der Waals surface area contributed by atoms with Gasteiger partial charge in [0.25, 0.3) is 0 Å². The lowest BCUT2D eigenvalue weighted by atomic mass is 10.0. The van der Waals surface area contributed by atoms with Crippen LogP contribution < -0.4 is 5.73 Å². The Balaban J connectivity index is 4.11. The van der Waals surface area contributed by atoms with Crippen molar-refractivity contribution >= 4 is 13.8 Å². The van der Waals surface area contributed by atoms with E-state index in [1.165, 1.54) is 135 Å². The Morgan fingerprint density at radius 2 is 1.06 bits per heavy atom. The average Bonchev–Trinajstić information content (AvgIpc) is 3.08. The number of unbranched alkanes of at least 4 members (excludes halogenated alkanes) is 23. The Hall–Kier alpha value is -1.18. The Morgan fingerprint density at radius 3 is 1.56 bits per heavy atom. The van der Waals surface area contributed by atoms with Crippen LogP contribution in [0.25, 0.3) is 0 Å². The molecule has 48 heavy (non-hydrogen) atoms. The van der Waals surface area contributed by atoms with Gasteiger partial charge < -0.3 is 20.1 Å². The van der Waals surface area contributed by atoms with Gasteiger partial charge in [0.05, 0.1) is 19.5 Å². The van der Waals surface area contributed by atoms with Gasteiger partial charge in [-0.1, -0.05) is 148 Å². The Morgan fingerprint density at radius 1 is 0.625 bits per heavy atom. The van der Waals surface area contributed by atoms with E-state index in [0.717, 1.165) is 32.1 Å². The predicted octanol–water partition coefficient (Wildman–Crippen LogP) is 11.6. The zero-order valence-corrected chi connectivity index (χ0v) is 32.1. The van der Waals surface area contributed by atoms with E-state index in [1.807, 2.05) is 6.08 Å². The second-order valence-electron chi connectivity index (χ2n) is 13.2. The molecule has 0 rings (SSSR count). The summed E-state index contributed by atoms with van der Waals surface area (Å²) in [6.07, 6.45) is 40.0. The maximum Gasteiger partial charge on any atom is 0.472 e. The van der Waals surface area contributed by atoms with Crippen LogP contribution in [0.3, 0.4) is 0 Å². The maximum absolute atomic E-state index is 12.4. The van der Waals surface area contributed by atoms with E-state index < -0.39 is 13.9 Å². The molecule has 0 fully saturated rings. The van der Waals surface area contributed by atoms with Gasteiger partial charge in [-0.2, -0.15) is 0 Å². The SMILES string of the molecule is CCCCCCC=CCCCCCCCCCC(=O)OC[C@H](COP(=O)(O)OCCN)OC=CCCCCCCCCCCCCCC. The largest absolute Gasteiger partial charge is 0.492 e. The van der Waals surface area contributed by atoms with Crippen molar-refractivity contribution in [2.45, 2.75) is 193 Å². The number of phosphoric acid groups is 1. The summed E-state index contributed by atoms with van der Waals surface area (Å²) in [5, 5.41) is 0. The van der Waals surface area contributed by atoms with Crippen LogP contribution in [0.5, 0.6) is 0 Å². The number of hydrogen-bond acceptors (Lipinski definition) is 7. The molecule has 0 saturated carbocycles. The first-order chi connectivity index (χ1) is 23.4. The van der Waals surface area contributed by atoms with Crippen molar-refractivity contribution in [1.29, 1.82) is 0 Å². The van der Waals surface area contributed by atoms with Gasteiger partial charge in [0, 0.05) is 13.0 Å². The minimum Gasteiger partial charge on any atom is -0.492 e. The summed E-state index contributed by atoms with van der Waals surface area (Å²) in [5.74, 6) is -0.294. The molecule has 0 aromatic rings. The molecular weight excluding hydrogens is 625 g/mol. The van der Waals surface area contributed by atoms with Crippen molar-refractivity contribution in [3.8, 4) is 0 Å². The van der Waals surface area contributed by atoms with Crippen LogP contribution >= 0.6 is 7.82 Å². The van der Waals surface area contributed by atoms with E-state index in [0.29, 0.717) is 6.42 Å². The fourth-order valence-corrected chi connectivity index (χ4v) is 6.21. The summed E-state index contributed by atoms with van der Waals surface area (Å²) in [6.45, 7) is 4.20. The van der Waals surface area contributed by atoms with Crippen molar-refractivity contribution < 1.29 is 32.8 Å². The molecule has 0 heterocycles. The highest BCUT2D eigenvalue weighted by atomic mass is 31.2. The van der Waals surface area contributed by atoms with Gasteiger partial charge >= 0.3 is 13.8 Å². The van der Waals surface area contributed by atoms with Crippen LogP contribution in [0.4, 0.5) is 0 Å². The topological polar surface area (TPSA) is 117 Å². The molecule has 3 N–H and O–H groups in total. The third kappa shape index (κ3) is 36.1. The lowest BCUT2D eigenvalue weighted by Crippen LogP contribution is -2.25. The molecule has 0 aliphatic heterocycles. The minimum absolute atomic E-state index is 0.0636. The molecule has 1 unspecified atom stereocenters. The van der Waals surface area contributed by atoms with Crippen LogP contribution in [-0.2, 0) is 27.9 Å². The second-order valence-corrected chi connectivity index (χ2v) is 14.7. The van der Waals surface area contributed by atoms with E-state index in [1.54, 1.807) is 6.26 Å². The number of allylic oxidation sites excluding steroid dienone is 3. The number of nitrogens with two attached hydrogens (primary N) is 1. The van der Waals surface area contributed by atoms with Crippen LogP contribution in [0.1, 0.15) is 187 Å². The van der Waals surface area contributed by atoms with Gasteiger partial charge in [0.15, 0.2) is 6.10 Å². The Kier molecular flexibility index (Phi) is 36.2. The van der Waals surface area contributed by atoms with Gasteiger partial charge in [-0.25, -0.2) is 4.57 Å². The van der Waals surface area contributed by atoms with Gasteiger partial charge in [0.1, 0.15) is 6.61 Å². The summed E-state index contributed by atoms with van der Waals surface area (Å²) >= 11 is 0. The van der Waals surface area contributed by atoms with Crippen molar-refractivity contribution in [3.05, 3.63) is 24.5 Å². The highest BCUT2D eigenvalue weighted by molar-refractivity contribution is 7.47. The Bertz CT molecular complexity index is 792. The van der Waals surface area contributed by atoms with Gasteiger partial charge in [-0.05, 0) is 51.0 Å². The number of esters is 1.